The number of allylic oxidation sites excluding steroid dienone is 2. The second-order valence-electron chi connectivity index (χ2n) is 9.23. The first-order valence-corrected chi connectivity index (χ1v) is 11.0. The zero-order chi connectivity index (χ0) is 23.3. The summed E-state index contributed by atoms with van der Waals surface area (Å²) in [5.74, 6) is -0.210. The van der Waals surface area contributed by atoms with Crippen molar-refractivity contribution in [3.05, 3.63) is 88.0 Å². The summed E-state index contributed by atoms with van der Waals surface area (Å²) in [6, 6.07) is 12.4. The highest BCUT2D eigenvalue weighted by Gasteiger charge is 2.42. The summed E-state index contributed by atoms with van der Waals surface area (Å²) >= 11 is 6.27. The third-order valence-corrected chi connectivity index (χ3v) is 6.25. The van der Waals surface area contributed by atoms with E-state index in [0.29, 0.717) is 40.5 Å². The molecule has 33 heavy (non-hydrogen) atoms. The van der Waals surface area contributed by atoms with Gasteiger partial charge in [0.1, 0.15) is 23.2 Å². The largest absolute Gasteiger partial charge is 0.343 e. The Kier molecular flexibility index (Phi) is 5.09. The first-order valence-electron chi connectivity index (χ1n) is 10.6. The molecule has 0 spiro atoms. The van der Waals surface area contributed by atoms with Crippen LogP contribution in [0, 0.1) is 11.2 Å². The van der Waals surface area contributed by atoms with E-state index >= 15 is 0 Å². The number of nitrogens with zero attached hydrogens (tertiary/aromatic N) is 2. The molecule has 1 aliphatic heterocycles. The molecule has 1 atom stereocenters. The van der Waals surface area contributed by atoms with Gasteiger partial charge < -0.3 is 10.6 Å². The second kappa shape index (κ2) is 7.85. The van der Waals surface area contributed by atoms with E-state index in [2.05, 4.69) is 29.6 Å². The minimum absolute atomic E-state index is 0.0530. The zero-order valence-corrected chi connectivity index (χ0v) is 18.9. The average molecular weight is 465 g/mol. The normalized spacial score (nSPS) is 18.9. The highest BCUT2D eigenvalue weighted by atomic mass is 35.5. The number of hydrogen-bond donors (Lipinski definition) is 2. The summed E-state index contributed by atoms with van der Waals surface area (Å²) in [7, 11) is 0. The maximum atomic E-state index is 13.3. The van der Waals surface area contributed by atoms with Crippen LogP contribution in [0.25, 0.3) is 0 Å². The fourth-order valence-corrected chi connectivity index (χ4v) is 4.79. The van der Waals surface area contributed by atoms with Gasteiger partial charge in [-0.3, -0.25) is 9.59 Å². The van der Waals surface area contributed by atoms with Gasteiger partial charge in [-0.2, -0.15) is 5.10 Å². The lowest BCUT2D eigenvalue weighted by Gasteiger charge is -2.39. The number of benzene rings is 2. The lowest BCUT2D eigenvalue weighted by molar-refractivity contribution is -0.118. The van der Waals surface area contributed by atoms with Crippen LogP contribution < -0.4 is 10.6 Å². The number of carbonyl (C=O) groups is 2. The Balaban J connectivity index is 1.59. The Morgan fingerprint density at radius 1 is 1.21 bits per heavy atom. The Labute approximate surface area is 195 Å². The van der Waals surface area contributed by atoms with E-state index < -0.39 is 6.04 Å². The molecule has 2 aromatic carbocycles. The molecular weight excluding hydrogens is 443 g/mol. The van der Waals surface area contributed by atoms with E-state index in [1.807, 2.05) is 18.2 Å². The molecule has 0 unspecified atom stereocenters. The van der Waals surface area contributed by atoms with Gasteiger partial charge in [-0.15, -0.1) is 0 Å². The number of hydrogen-bond acceptors (Lipinski definition) is 4. The Morgan fingerprint density at radius 3 is 2.70 bits per heavy atom. The van der Waals surface area contributed by atoms with Crippen molar-refractivity contribution in [3.8, 4) is 0 Å². The molecule has 3 aromatic rings. The van der Waals surface area contributed by atoms with Gasteiger partial charge in [0.25, 0.3) is 5.91 Å². The van der Waals surface area contributed by atoms with Crippen molar-refractivity contribution in [2.24, 2.45) is 5.41 Å². The van der Waals surface area contributed by atoms with Crippen LogP contribution in [0.2, 0.25) is 5.02 Å². The molecule has 0 saturated carbocycles. The van der Waals surface area contributed by atoms with Crippen molar-refractivity contribution >= 4 is 34.8 Å². The summed E-state index contributed by atoms with van der Waals surface area (Å²) in [4.78, 5) is 26.3. The van der Waals surface area contributed by atoms with Gasteiger partial charge >= 0.3 is 0 Å². The third-order valence-electron chi connectivity index (χ3n) is 6.01. The Hall–Kier alpha value is -3.45. The Bertz CT molecular complexity index is 1310. The molecule has 5 rings (SSSR count). The highest BCUT2D eigenvalue weighted by molar-refractivity contribution is 6.30. The van der Waals surface area contributed by atoms with Crippen molar-refractivity contribution in [1.29, 1.82) is 0 Å². The number of rotatable bonds is 3. The van der Waals surface area contributed by atoms with Crippen molar-refractivity contribution in [2.45, 2.75) is 32.7 Å². The minimum Gasteiger partial charge on any atom is -0.343 e. The lowest BCUT2D eigenvalue weighted by Crippen LogP contribution is -2.37. The van der Waals surface area contributed by atoms with E-state index in [1.165, 1.54) is 30.5 Å². The molecule has 1 amide bonds. The molecule has 0 fully saturated rings. The van der Waals surface area contributed by atoms with Crippen molar-refractivity contribution in [2.75, 3.05) is 10.6 Å². The number of amides is 1. The molecule has 2 aliphatic rings. The molecule has 2 N–H and O–H groups in total. The molecule has 1 aromatic heterocycles. The van der Waals surface area contributed by atoms with E-state index in [4.69, 9.17) is 11.6 Å². The predicted octanol–water partition coefficient (Wildman–Crippen LogP) is 5.59. The van der Waals surface area contributed by atoms with Crippen LogP contribution in [-0.2, 0) is 4.79 Å². The highest BCUT2D eigenvalue weighted by Crippen LogP contribution is 2.46. The van der Waals surface area contributed by atoms with Gasteiger partial charge in [0, 0.05) is 28.4 Å². The van der Waals surface area contributed by atoms with Crippen LogP contribution in [0.15, 0.2) is 66.0 Å². The van der Waals surface area contributed by atoms with Crippen LogP contribution in [0.4, 0.5) is 15.9 Å². The fraction of sp³-hybridized carbons (Fsp3) is 0.240. The van der Waals surface area contributed by atoms with Gasteiger partial charge in [-0.1, -0.05) is 37.6 Å². The van der Waals surface area contributed by atoms with E-state index in [0.717, 1.165) is 11.3 Å². The summed E-state index contributed by atoms with van der Waals surface area (Å²) in [6.45, 7) is 4.11. The molecule has 6 nitrogen and oxygen atoms in total. The van der Waals surface area contributed by atoms with Crippen LogP contribution in [0.5, 0.6) is 0 Å². The van der Waals surface area contributed by atoms with Gasteiger partial charge in [-0.25, -0.2) is 9.07 Å². The SMILES string of the molecule is CC1(C)CC(=O)C2=C(C1)Nc1c(C(=O)Nc3ccc(F)cc3)cnn1[C@H]2c1cccc(Cl)c1. The molecule has 0 bridgehead atoms. The van der Waals surface area contributed by atoms with E-state index in [-0.39, 0.29) is 22.9 Å². The van der Waals surface area contributed by atoms with Crippen molar-refractivity contribution < 1.29 is 14.0 Å². The zero-order valence-electron chi connectivity index (χ0n) is 18.2. The quantitative estimate of drug-likeness (QED) is 0.530. The molecule has 0 radical (unpaired) electrons. The molecule has 8 heteroatoms. The maximum absolute atomic E-state index is 13.3. The van der Waals surface area contributed by atoms with Crippen molar-refractivity contribution in [1.82, 2.24) is 9.78 Å². The minimum atomic E-state index is -0.495. The molecule has 2 heterocycles. The number of nitrogens with one attached hydrogen (secondary N) is 2. The monoisotopic (exact) mass is 464 g/mol. The number of ketones is 1. The van der Waals surface area contributed by atoms with Gasteiger partial charge in [0.15, 0.2) is 5.78 Å². The first kappa shape index (κ1) is 21.4. The number of Topliss-reactive ketones (excluding diaryl/α,β-unsaturated/α-hetero) is 1. The molecule has 0 saturated heterocycles. The van der Waals surface area contributed by atoms with Crippen LogP contribution in [0.3, 0.4) is 0 Å². The summed E-state index contributed by atoms with van der Waals surface area (Å²) in [6.07, 6.45) is 2.57. The van der Waals surface area contributed by atoms with Crippen LogP contribution in [-0.4, -0.2) is 21.5 Å². The number of aromatic nitrogens is 2. The van der Waals surface area contributed by atoms with Crippen LogP contribution in [0.1, 0.15) is 48.7 Å². The number of halogens is 2. The van der Waals surface area contributed by atoms with Gasteiger partial charge in [0.05, 0.1) is 6.20 Å². The number of anilines is 2. The Morgan fingerprint density at radius 2 is 1.97 bits per heavy atom. The topological polar surface area (TPSA) is 76.0 Å². The predicted molar refractivity (Wildman–Crippen MR) is 125 cm³/mol. The first-order chi connectivity index (χ1) is 15.7. The maximum Gasteiger partial charge on any atom is 0.261 e. The van der Waals surface area contributed by atoms with Crippen molar-refractivity contribution in [3.63, 3.8) is 0 Å². The fourth-order valence-electron chi connectivity index (χ4n) is 4.59. The molecular formula is C25H22ClFN4O2. The number of fused-ring (bicyclic) bond motifs is 1. The summed E-state index contributed by atoms with van der Waals surface area (Å²) in [5.41, 5.74) is 2.86. The van der Waals surface area contributed by atoms with Gasteiger partial charge in [0.2, 0.25) is 0 Å². The van der Waals surface area contributed by atoms with Gasteiger partial charge in [-0.05, 0) is 53.8 Å². The van der Waals surface area contributed by atoms with E-state index in [1.54, 1.807) is 10.7 Å². The summed E-state index contributed by atoms with van der Waals surface area (Å²) in [5, 5.41) is 11.2. The van der Waals surface area contributed by atoms with E-state index in [9.17, 15) is 14.0 Å². The standard InChI is InChI=1S/C25H22ClFN4O2/c1-25(2)11-19-21(20(32)12-25)22(14-4-3-5-15(26)10-14)31-23(30-19)18(13-28-31)24(33)29-17-8-6-16(27)7-9-17/h3-10,13,22,30H,11-12H2,1-2H3,(H,29,33)/t22-/m0/s1. The van der Waals surface area contributed by atoms with Crippen LogP contribution >= 0.6 is 11.6 Å². The second-order valence-corrected chi connectivity index (χ2v) is 9.66. The molecule has 168 valence electrons. The molecule has 1 aliphatic carbocycles. The smallest absolute Gasteiger partial charge is 0.261 e. The lowest BCUT2D eigenvalue weighted by atomic mass is 9.73. The summed E-state index contributed by atoms with van der Waals surface area (Å²) < 4.78 is 14.9. The number of carbonyl (C=O) groups excluding carboxylic acids is 2. The average Bonchev–Trinajstić information content (AvgIpc) is 3.16. The third kappa shape index (κ3) is 3.93.